The first kappa shape index (κ1) is 18.8. The number of carbonyl (C=O) groups excluding carboxylic acids is 2. The zero-order valence-electron chi connectivity index (χ0n) is 17.2. The standard InChI is InChI=1S/C23H28N4O2S/c28-22-19-15-6-7-16(14-15)20(19)23(29)27(22)9-3-8-25-10-12-26(13-11-25)21-17-4-1-2-5-18(17)30-24-21/h1-2,4-5,15-16,19-20H,3,6-14H2/t15-,16+,19+,20-. The molecule has 2 saturated carbocycles. The van der Waals surface area contributed by atoms with Gasteiger partial charge in [-0.2, -0.15) is 4.37 Å². The fraction of sp³-hybridized carbons (Fsp3) is 0.609. The number of amides is 2. The molecule has 158 valence electrons. The van der Waals surface area contributed by atoms with Gasteiger partial charge < -0.3 is 4.90 Å². The van der Waals surface area contributed by atoms with Gasteiger partial charge in [-0.15, -0.1) is 0 Å². The molecule has 0 radical (unpaired) electrons. The minimum absolute atomic E-state index is 0.0210. The van der Waals surface area contributed by atoms with Crippen LogP contribution in [0, 0.1) is 23.7 Å². The highest BCUT2D eigenvalue weighted by Gasteiger charge is 2.60. The summed E-state index contributed by atoms with van der Waals surface area (Å²) < 4.78 is 5.93. The molecule has 0 unspecified atom stereocenters. The molecule has 2 bridgehead atoms. The van der Waals surface area contributed by atoms with Crippen LogP contribution in [0.1, 0.15) is 25.7 Å². The number of nitrogens with zero attached hydrogens (tertiary/aromatic N) is 4. The van der Waals surface area contributed by atoms with Crippen LogP contribution in [0.25, 0.3) is 10.1 Å². The van der Waals surface area contributed by atoms with E-state index in [1.54, 1.807) is 16.4 Å². The van der Waals surface area contributed by atoms with Crippen molar-refractivity contribution < 1.29 is 9.59 Å². The summed E-state index contributed by atoms with van der Waals surface area (Å²) in [6.45, 7) is 5.50. The van der Waals surface area contributed by atoms with Gasteiger partial charge in [0.05, 0.1) is 16.5 Å². The molecule has 2 saturated heterocycles. The van der Waals surface area contributed by atoms with Crippen LogP contribution in [-0.4, -0.2) is 65.3 Å². The Labute approximate surface area is 181 Å². The summed E-state index contributed by atoms with van der Waals surface area (Å²) in [4.78, 5) is 32.1. The van der Waals surface area contributed by atoms with Crippen LogP contribution in [0.3, 0.4) is 0 Å². The molecular formula is C23H28N4O2S. The van der Waals surface area contributed by atoms with Crippen LogP contribution in [-0.2, 0) is 9.59 Å². The van der Waals surface area contributed by atoms with E-state index < -0.39 is 0 Å². The van der Waals surface area contributed by atoms with Crippen molar-refractivity contribution in [2.45, 2.75) is 25.7 Å². The van der Waals surface area contributed by atoms with Gasteiger partial charge in [0.25, 0.3) is 0 Å². The van der Waals surface area contributed by atoms with Crippen LogP contribution in [0.2, 0.25) is 0 Å². The maximum Gasteiger partial charge on any atom is 0.233 e. The Morgan fingerprint density at radius 3 is 2.37 bits per heavy atom. The zero-order valence-corrected chi connectivity index (χ0v) is 18.0. The number of aromatic nitrogens is 1. The van der Waals surface area contributed by atoms with Gasteiger partial charge in [0.15, 0.2) is 0 Å². The number of carbonyl (C=O) groups is 2. The summed E-state index contributed by atoms with van der Waals surface area (Å²) in [6, 6.07) is 8.44. The molecule has 2 aliphatic heterocycles. The number of hydrogen-bond acceptors (Lipinski definition) is 6. The molecule has 4 fully saturated rings. The third-order valence-electron chi connectivity index (χ3n) is 7.91. The van der Waals surface area contributed by atoms with Crippen molar-refractivity contribution in [1.82, 2.24) is 14.2 Å². The van der Waals surface area contributed by atoms with E-state index in [-0.39, 0.29) is 23.7 Å². The Bertz CT molecular complexity index is 954. The average molecular weight is 425 g/mol. The maximum atomic E-state index is 12.8. The predicted octanol–water partition coefficient (Wildman–Crippen LogP) is 2.84. The van der Waals surface area contributed by atoms with Crippen LogP contribution >= 0.6 is 11.5 Å². The predicted molar refractivity (Wildman–Crippen MR) is 117 cm³/mol. The minimum Gasteiger partial charge on any atom is -0.353 e. The summed E-state index contributed by atoms with van der Waals surface area (Å²) >= 11 is 1.57. The molecule has 1 aromatic carbocycles. The number of fused-ring (bicyclic) bond motifs is 6. The van der Waals surface area contributed by atoms with E-state index in [9.17, 15) is 9.59 Å². The van der Waals surface area contributed by atoms with Crippen molar-refractivity contribution in [3.8, 4) is 0 Å². The lowest BCUT2D eigenvalue weighted by Crippen LogP contribution is -2.47. The second-order valence-electron chi connectivity index (χ2n) is 9.40. The number of rotatable bonds is 5. The minimum atomic E-state index is 0.0210. The number of benzene rings is 1. The fourth-order valence-electron chi connectivity index (χ4n) is 6.43. The van der Waals surface area contributed by atoms with Gasteiger partial charge in [-0.05, 0) is 67.7 Å². The normalized spacial score (nSPS) is 31.3. The number of hydrogen-bond donors (Lipinski definition) is 0. The molecule has 30 heavy (non-hydrogen) atoms. The highest BCUT2D eigenvalue weighted by atomic mass is 32.1. The third kappa shape index (κ3) is 2.89. The molecule has 4 aliphatic rings. The average Bonchev–Trinajstić information content (AvgIpc) is 3.54. The summed E-state index contributed by atoms with van der Waals surface area (Å²) in [5.41, 5.74) is 0. The lowest BCUT2D eigenvalue weighted by molar-refractivity contribution is -0.140. The largest absolute Gasteiger partial charge is 0.353 e. The topological polar surface area (TPSA) is 56.8 Å². The second kappa shape index (κ2) is 7.31. The lowest BCUT2D eigenvalue weighted by atomic mass is 9.81. The molecule has 1 aromatic heterocycles. The molecule has 2 amide bonds. The van der Waals surface area contributed by atoms with Gasteiger partial charge in [-0.25, -0.2) is 0 Å². The van der Waals surface area contributed by atoms with E-state index >= 15 is 0 Å². The van der Waals surface area contributed by atoms with E-state index in [1.165, 1.54) is 10.1 Å². The lowest BCUT2D eigenvalue weighted by Gasteiger charge is -2.35. The molecule has 2 aromatic rings. The van der Waals surface area contributed by atoms with Crippen molar-refractivity contribution in [3.63, 3.8) is 0 Å². The Kier molecular flexibility index (Phi) is 4.57. The smallest absolute Gasteiger partial charge is 0.233 e. The van der Waals surface area contributed by atoms with Gasteiger partial charge in [0.1, 0.15) is 5.82 Å². The second-order valence-corrected chi connectivity index (χ2v) is 10.2. The van der Waals surface area contributed by atoms with Gasteiger partial charge >= 0.3 is 0 Å². The number of likely N-dealkylation sites (tertiary alicyclic amines) is 1. The van der Waals surface area contributed by atoms with E-state index in [4.69, 9.17) is 0 Å². The highest BCUT2D eigenvalue weighted by Crippen LogP contribution is 2.56. The van der Waals surface area contributed by atoms with Crippen LogP contribution in [0.5, 0.6) is 0 Å². The summed E-state index contributed by atoms with van der Waals surface area (Å²) in [5.74, 6) is 2.40. The molecule has 6 rings (SSSR count). The summed E-state index contributed by atoms with van der Waals surface area (Å²) in [6.07, 6.45) is 4.29. The van der Waals surface area contributed by atoms with Crippen LogP contribution in [0.4, 0.5) is 5.82 Å². The van der Waals surface area contributed by atoms with Gasteiger partial charge in [0, 0.05) is 38.1 Å². The number of imide groups is 1. The van der Waals surface area contributed by atoms with E-state index in [0.29, 0.717) is 18.4 Å². The molecule has 4 atom stereocenters. The van der Waals surface area contributed by atoms with Crippen molar-refractivity contribution in [1.29, 1.82) is 0 Å². The van der Waals surface area contributed by atoms with Gasteiger partial charge in [-0.1, -0.05) is 12.1 Å². The Morgan fingerprint density at radius 2 is 1.63 bits per heavy atom. The molecule has 2 aliphatic carbocycles. The molecule has 0 spiro atoms. The number of anilines is 1. The first-order valence-electron chi connectivity index (χ1n) is 11.4. The van der Waals surface area contributed by atoms with Crippen molar-refractivity contribution in [2.24, 2.45) is 23.7 Å². The Balaban J connectivity index is 1.01. The molecule has 0 N–H and O–H groups in total. The first-order chi connectivity index (χ1) is 14.7. The Hall–Kier alpha value is -1.99. The summed E-state index contributed by atoms with van der Waals surface area (Å²) in [5, 5.41) is 1.25. The van der Waals surface area contributed by atoms with Gasteiger partial charge in [-0.3, -0.25) is 19.4 Å². The van der Waals surface area contributed by atoms with Crippen molar-refractivity contribution in [3.05, 3.63) is 24.3 Å². The SMILES string of the molecule is O=C1[C@@H]2[C@H]3CC[C@H](C3)[C@@H]2C(=O)N1CCCN1CCN(c2nsc3ccccc23)CC1. The molecule has 6 nitrogen and oxygen atoms in total. The first-order valence-corrected chi connectivity index (χ1v) is 12.1. The monoisotopic (exact) mass is 424 g/mol. The van der Waals surface area contributed by atoms with E-state index in [2.05, 4.69) is 38.4 Å². The summed E-state index contributed by atoms with van der Waals surface area (Å²) in [7, 11) is 0. The van der Waals surface area contributed by atoms with Crippen molar-refractivity contribution >= 4 is 39.3 Å². The Morgan fingerprint density at radius 1 is 0.933 bits per heavy atom. The molecule has 7 heteroatoms. The van der Waals surface area contributed by atoms with E-state index in [0.717, 1.165) is 64.2 Å². The highest BCUT2D eigenvalue weighted by molar-refractivity contribution is 7.13. The van der Waals surface area contributed by atoms with Crippen LogP contribution < -0.4 is 4.90 Å². The van der Waals surface area contributed by atoms with E-state index in [1.807, 2.05) is 0 Å². The third-order valence-corrected chi connectivity index (χ3v) is 8.72. The van der Waals surface area contributed by atoms with Crippen molar-refractivity contribution in [2.75, 3.05) is 44.2 Å². The van der Waals surface area contributed by atoms with Crippen LogP contribution in [0.15, 0.2) is 24.3 Å². The zero-order chi connectivity index (χ0) is 20.2. The fourth-order valence-corrected chi connectivity index (χ4v) is 7.22. The molecule has 3 heterocycles. The molecular weight excluding hydrogens is 396 g/mol. The number of piperazine rings is 1. The van der Waals surface area contributed by atoms with Gasteiger partial charge in [0.2, 0.25) is 11.8 Å². The maximum absolute atomic E-state index is 12.8. The quantitative estimate of drug-likeness (QED) is 0.691.